The Morgan fingerprint density at radius 2 is 1.06 bits per heavy atom. The van der Waals surface area contributed by atoms with Gasteiger partial charge in [0.25, 0.3) is 0 Å². The maximum absolute atomic E-state index is 9.13. The molecule has 0 bridgehead atoms. The number of benzene rings is 10. The largest absolute Gasteiger partial charge is 0.509 e. The van der Waals surface area contributed by atoms with Crippen LogP contribution < -0.4 is 19.3 Å². The van der Waals surface area contributed by atoms with E-state index in [0.29, 0.717) is 45.6 Å². The van der Waals surface area contributed by atoms with Crippen molar-refractivity contribution in [3.8, 4) is 56.8 Å². The maximum Gasteiger partial charge on any atom is 0.139 e. The van der Waals surface area contributed by atoms with Gasteiger partial charge in [-0.1, -0.05) is 180 Å². The molecule has 0 fully saturated rings. The van der Waals surface area contributed by atoms with Gasteiger partial charge in [0, 0.05) is 95.0 Å². The van der Waals surface area contributed by atoms with E-state index >= 15 is 0 Å². The molecule has 13 aromatic rings. The molecule has 3 aromatic heterocycles. The number of hydrogen-bond acceptors (Lipinski definition) is 5. The third-order valence-electron chi connectivity index (χ3n) is 15.0. The average Bonchev–Trinajstić information content (AvgIpc) is 1.45. The van der Waals surface area contributed by atoms with Gasteiger partial charge in [-0.3, -0.25) is 0 Å². The van der Waals surface area contributed by atoms with Gasteiger partial charge in [0.2, 0.25) is 0 Å². The molecule has 1 aliphatic rings. The van der Waals surface area contributed by atoms with Crippen LogP contribution in [0.1, 0.15) is 66.4 Å². The smallest absolute Gasteiger partial charge is 0.139 e. The molecule has 404 valence electrons. The summed E-state index contributed by atoms with van der Waals surface area (Å²) < 4.78 is 106. The Balaban J connectivity index is 0.00000773. The number of para-hydroxylation sites is 5. The summed E-state index contributed by atoms with van der Waals surface area (Å²) in [6, 6.07) is 57.2. The van der Waals surface area contributed by atoms with Gasteiger partial charge in [-0.05, 0) is 99.1 Å². The number of nitrogens with zero attached hydrogens (tertiary/aromatic N) is 5. The molecule has 0 N–H and O–H groups in total. The molecule has 0 radical (unpaired) electrons. The van der Waals surface area contributed by atoms with Gasteiger partial charge in [0.05, 0.1) is 24.7 Å². The van der Waals surface area contributed by atoms with Crippen molar-refractivity contribution in [3.05, 3.63) is 266 Å². The first-order chi connectivity index (χ1) is 43.5. The molecule has 4 heterocycles. The van der Waals surface area contributed by atoms with E-state index in [0.717, 1.165) is 49.5 Å². The van der Waals surface area contributed by atoms with Crippen LogP contribution in [0, 0.1) is 18.8 Å². The molecule has 0 spiro atoms. The van der Waals surface area contributed by atoms with Crippen molar-refractivity contribution in [2.75, 3.05) is 9.80 Å². The van der Waals surface area contributed by atoms with E-state index in [1.807, 2.05) is 65.6 Å². The maximum atomic E-state index is 9.13. The zero-order chi connectivity index (χ0) is 63.7. The van der Waals surface area contributed by atoms with E-state index in [1.165, 1.54) is 11.1 Å². The molecule has 0 amide bonds. The number of rotatable bonds is 10. The first-order valence-electron chi connectivity index (χ1n) is 31.9. The Morgan fingerprint density at radius 3 is 1.71 bits per heavy atom. The van der Waals surface area contributed by atoms with Crippen molar-refractivity contribution in [2.45, 2.75) is 52.4 Å². The molecule has 82 heavy (non-hydrogen) atoms. The molecule has 0 saturated heterocycles. The predicted octanol–water partition coefficient (Wildman–Crippen LogP) is 19.8. The molecule has 0 atom stereocenters. The van der Waals surface area contributed by atoms with Crippen LogP contribution in [0.3, 0.4) is 0 Å². The standard InChI is InChI=1S/C74H58N5O2.Pt/c1-73(2,3)51-41-52(74(4,5)6)43-58(42-51)81-57-39-40-75-71(47-57)79-67-38-35-54(78-65-31-15-13-27-61(65)62-28-14-16-32-66(62)78)45-64(67)63-37-36-56(46-70(63)79)80-55-26-19-25-53(44-55)76-48-77(69-34-18-17-33-68(69)76)72-59(49-21-9-7-10-22-49)29-20-30-60(72)50-23-11-8-12-24-50;/h7-43,45,47-48H,1-6H3;/q-3;/i7D,8D,9D,10D,11D,12D,21D,22D,23D,24D;. The summed E-state index contributed by atoms with van der Waals surface area (Å²) in [5, 5.41) is 4.17. The number of hydrogen-bond donors (Lipinski definition) is 0. The molecule has 1 aliphatic heterocycles. The Morgan fingerprint density at radius 1 is 0.476 bits per heavy atom. The van der Waals surface area contributed by atoms with Gasteiger partial charge in [-0.25, -0.2) is 4.98 Å². The molecule has 7 nitrogen and oxygen atoms in total. The van der Waals surface area contributed by atoms with E-state index in [9.17, 15) is 0 Å². The van der Waals surface area contributed by atoms with Crippen LogP contribution >= 0.6 is 0 Å². The van der Waals surface area contributed by atoms with E-state index in [2.05, 4.69) is 148 Å². The molecule has 0 unspecified atom stereocenters. The number of aromatic nitrogens is 3. The number of anilines is 4. The van der Waals surface area contributed by atoms with Crippen LogP contribution in [-0.4, -0.2) is 14.1 Å². The zero-order valence-electron chi connectivity index (χ0n) is 55.7. The van der Waals surface area contributed by atoms with Gasteiger partial charge in [0.15, 0.2) is 0 Å². The number of fused-ring (bicyclic) bond motifs is 7. The fourth-order valence-electron chi connectivity index (χ4n) is 11.0. The van der Waals surface area contributed by atoms with E-state index in [1.54, 1.807) is 42.0 Å². The van der Waals surface area contributed by atoms with Crippen LogP contribution in [0.4, 0.5) is 22.7 Å². The first-order valence-corrected chi connectivity index (χ1v) is 26.9. The van der Waals surface area contributed by atoms with Gasteiger partial charge in [0.1, 0.15) is 17.3 Å². The monoisotopic (exact) mass is 1250 g/mol. The normalized spacial score (nSPS) is 14.3. The third-order valence-corrected chi connectivity index (χ3v) is 15.0. The third kappa shape index (κ3) is 9.39. The van der Waals surface area contributed by atoms with Crippen molar-refractivity contribution in [1.82, 2.24) is 14.1 Å². The van der Waals surface area contributed by atoms with Crippen molar-refractivity contribution in [1.29, 1.82) is 0 Å². The summed E-state index contributed by atoms with van der Waals surface area (Å²) in [5.41, 5.74) is 8.82. The second-order valence-electron chi connectivity index (χ2n) is 22.2. The summed E-state index contributed by atoms with van der Waals surface area (Å²) in [7, 11) is 0. The van der Waals surface area contributed by atoms with E-state index in [4.69, 9.17) is 28.2 Å². The summed E-state index contributed by atoms with van der Waals surface area (Å²) in [6.07, 6.45) is 1.76. The molecule has 0 aliphatic carbocycles. The summed E-state index contributed by atoms with van der Waals surface area (Å²) in [5.74, 6) is 2.66. The second-order valence-corrected chi connectivity index (χ2v) is 22.2. The minimum atomic E-state index is -0.574. The SMILES string of the molecule is [2H]c1c([2H])c([2H])c(-c2cccc(-c3c([2H])c([2H])c([2H])c([2H])c3[2H])c2N2[CH-]N(c3[c-]c(Oc4[c-]c5c(cc4)c4cc(-n6c7ccccc7c7ccccc76)ccc4n5-c4cc(Oc5cc(C(C)(C)C)cc(C(C)(C)C)c5)ccn4)ccc3)c3ccccc32)c([2H])c1[2H].[Pt]. The topological polar surface area (TPSA) is 47.7 Å². The van der Waals surface area contributed by atoms with E-state index in [-0.39, 0.29) is 59.8 Å². The minimum absolute atomic E-state index is 0. The fraction of sp³-hybridized carbons (Fsp3) is 0.108. The Hall–Kier alpha value is -9.16. The molecular weight excluding hydrogens is 1190 g/mol. The zero-order valence-corrected chi connectivity index (χ0v) is 48.0. The van der Waals surface area contributed by atoms with Crippen LogP contribution in [0.25, 0.3) is 77.4 Å². The number of pyridine rings is 1. The second kappa shape index (κ2) is 20.7. The number of ether oxygens (including phenoxy) is 2. The molecule has 0 saturated carbocycles. The van der Waals surface area contributed by atoms with Gasteiger partial charge < -0.3 is 28.4 Å². The van der Waals surface area contributed by atoms with Gasteiger partial charge in [-0.2, -0.15) is 12.1 Å². The van der Waals surface area contributed by atoms with Gasteiger partial charge in [-0.15, -0.1) is 48.1 Å². The minimum Gasteiger partial charge on any atom is -0.509 e. The molecule has 8 heteroatoms. The van der Waals surface area contributed by atoms with Crippen LogP contribution in [0.5, 0.6) is 23.0 Å². The van der Waals surface area contributed by atoms with Crippen molar-refractivity contribution < 1.29 is 44.2 Å². The molecular formula is C74H58N5O2Pt-3. The van der Waals surface area contributed by atoms with Crippen molar-refractivity contribution >= 4 is 66.4 Å². The van der Waals surface area contributed by atoms with Gasteiger partial charge >= 0.3 is 0 Å². The summed E-state index contributed by atoms with van der Waals surface area (Å²) in [4.78, 5) is 8.61. The van der Waals surface area contributed by atoms with Crippen molar-refractivity contribution in [3.63, 3.8) is 0 Å². The Bertz CT molecular complexity index is 4960. The fourth-order valence-corrected chi connectivity index (χ4v) is 11.0. The summed E-state index contributed by atoms with van der Waals surface area (Å²) >= 11 is 0. The average molecular weight is 1250 g/mol. The van der Waals surface area contributed by atoms with Crippen LogP contribution in [-0.2, 0) is 31.9 Å². The van der Waals surface area contributed by atoms with E-state index < -0.39 is 60.4 Å². The molecule has 14 rings (SSSR count). The van der Waals surface area contributed by atoms with Crippen molar-refractivity contribution in [2.24, 2.45) is 0 Å². The Labute approximate surface area is 507 Å². The quantitative estimate of drug-likeness (QED) is 0.128. The first kappa shape index (κ1) is 41.8. The Kier molecular flexibility index (Phi) is 10.6. The predicted molar refractivity (Wildman–Crippen MR) is 333 cm³/mol. The van der Waals surface area contributed by atoms with Crippen LogP contribution in [0.2, 0.25) is 0 Å². The van der Waals surface area contributed by atoms with Crippen LogP contribution in [0.15, 0.2) is 236 Å². The summed E-state index contributed by atoms with van der Waals surface area (Å²) in [6.45, 7) is 15.0. The molecule has 10 aromatic carbocycles.